The van der Waals surface area contributed by atoms with Gasteiger partial charge in [0.2, 0.25) is 0 Å². The zero-order valence-electron chi connectivity index (χ0n) is 40.4. The fourth-order valence-corrected chi connectivity index (χ4v) is 11.0. The average Bonchev–Trinajstić information content (AvgIpc) is 4.03. The molecule has 0 N–H and O–H groups in total. The molecule has 0 radical (unpaired) electrons. The maximum atomic E-state index is 6.23. The highest BCUT2D eigenvalue weighted by Crippen LogP contribution is 2.46. The summed E-state index contributed by atoms with van der Waals surface area (Å²) >= 11 is 0. The predicted octanol–water partition coefficient (Wildman–Crippen LogP) is 19.8. The number of rotatable bonds is 10. The Hall–Kier alpha value is -9.90. The van der Waals surface area contributed by atoms with E-state index in [-0.39, 0.29) is 0 Å². The van der Waals surface area contributed by atoms with Crippen LogP contribution in [0.1, 0.15) is 0 Å². The van der Waals surface area contributed by atoms with Gasteiger partial charge in [-0.05, 0) is 130 Å². The van der Waals surface area contributed by atoms with Crippen molar-refractivity contribution in [2.45, 2.75) is 0 Å². The van der Waals surface area contributed by atoms with Crippen LogP contribution in [0.15, 0.2) is 290 Å². The van der Waals surface area contributed by atoms with E-state index in [1.165, 1.54) is 27.3 Å². The van der Waals surface area contributed by atoms with Crippen molar-refractivity contribution in [1.82, 2.24) is 4.57 Å². The second-order valence-electron chi connectivity index (χ2n) is 18.9. The van der Waals surface area contributed by atoms with Gasteiger partial charge in [0.05, 0.1) is 33.8 Å². The van der Waals surface area contributed by atoms with E-state index in [1.54, 1.807) is 0 Å². The molecule has 12 aromatic carbocycles. The molecule has 0 aliphatic heterocycles. The first-order valence-electron chi connectivity index (χ1n) is 25.2. The zero-order chi connectivity index (χ0) is 49.0. The molecule has 0 fully saturated rings. The highest BCUT2D eigenvalue weighted by molar-refractivity contribution is 6.10. The summed E-state index contributed by atoms with van der Waals surface area (Å²) in [6.45, 7) is 0. The van der Waals surface area contributed by atoms with Gasteiger partial charge in [-0.25, -0.2) is 0 Å². The summed E-state index contributed by atoms with van der Waals surface area (Å²) < 4.78 is 8.67. The number of nitrogens with zero attached hydrogens (tertiary/aromatic N) is 3. The first kappa shape index (κ1) is 42.9. The topological polar surface area (TPSA) is 24.6 Å². The first-order valence-corrected chi connectivity index (χ1v) is 25.2. The van der Waals surface area contributed by atoms with E-state index in [1.807, 2.05) is 12.1 Å². The fraction of sp³-hybridized carbons (Fsp3) is 0. The molecule has 0 saturated carbocycles. The molecule has 2 aromatic heterocycles. The molecule has 0 spiro atoms. The van der Waals surface area contributed by atoms with Crippen molar-refractivity contribution in [2.75, 3.05) is 9.80 Å². The summed E-state index contributed by atoms with van der Waals surface area (Å²) in [5, 5.41) is 6.99. The Morgan fingerprint density at radius 3 is 1.30 bits per heavy atom. The highest BCUT2D eigenvalue weighted by Gasteiger charge is 2.23. The Morgan fingerprint density at radius 2 is 0.689 bits per heavy atom. The molecule has 4 nitrogen and oxygen atoms in total. The number of hydrogen-bond donors (Lipinski definition) is 0. The van der Waals surface area contributed by atoms with E-state index < -0.39 is 0 Å². The van der Waals surface area contributed by atoms with E-state index >= 15 is 0 Å². The SMILES string of the molecule is c1ccc(-c2ccc(N(c3ccc(-c4ccccc4)cc3)c3cc(N(c4ccc(-c5ccc6oc7ccccc7c6c5)cc4)c4cccc5ccccc45)cc(-n4c5ccccc5c5ccccc54)c3)cc2)cc1. The lowest BCUT2D eigenvalue weighted by molar-refractivity contribution is 0.669. The van der Waals surface area contributed by atoms with Crippen molar-refractivity contribution >= 4 is 88.6 Å². The molecule has 0 atom stereocenters. The molecule has 74 heavy (non-hydrogen) atoms. The van der Waals surface area contributed by atoms with Crippen molar-refractivity contribution in [3.8, 4) is 39.1 Å². The van der Waals surface area contributed by atoms with Gasteiger partial charge in [-0.3, -0.25) is 0 Å². The number of hydrogen-bond acceptors (Lipinski definition) is 3. The van der Waals surface area contributed by atoms with Crippen LogP contribution >= 0.6 is 0 Å². The van der Waals surface area contributed by atoms with E-state index in [0.717, 1.165) is 100 Å². The largest absolute Gasteiger partial charge is 0.456 e. The van der Waals surface area contributed by atoms with E-state index in [2.05, 4.69) is 287 Å². The molecule has 0 amide bonds. The Kier molecular flexibility index (Phi) is 10.5. The van der Waals surface area contributed by atoms with Crippen molar-refractivity contribution in [3.63, 3.8) is 0 Å². The number of furan rings is 1. The zero-order valence-corrected chi connectivity index (χ0v) is 40.4. The van der Waals surface area contributed by atoms with Crippen LogP contribution in [0, 0.1) is 0 Å². The second-order valence-corrected chi connectivity index (χ2v) is 18.9. The van der Waals surface area contributed by atoms with E-state index in [0.29, 0.717) is 0 Å². The van der Waals surface area contributed by atoms with Gasteiger partial charge >= 0.3 is 0 Å². The van der Waals surface area contributed by atoms with Gasteiger partial charge in [-0.2, -0.15) is 0 Å². The van der Waals surface area contributed by atoms with Crippen molar-refractivity contribution in [3.05, 3.63) is 285 Å². The van der Waals surface area contributed by atoms with Crippen molar-refractivity contribution < 1.29 is 4.42 Å². The first-order chi connectivity index (χ1) is 36.7. The summed E-state index contributed by atoms with van der Waals surface area (Å²) in [7, 11) is 0. The maximum Gasteiger partial charge on any atom is 0.135 e. The molecule has 0 aliphatic carbocycles. The average molecular weight is 946 g/mol. The molecule has 0 aliphatic rings. The van der Waals surface area contributed by atoms with Crippen LogP contribution < -0.4 is 9.80 Å². The minimum atomic E-state index is 0.890. The summed E-state index contributed by atoms with van der Waals surface area (Å²) in [4.78, 5) is 4.85. The Morgan fingerprint density at radius 1 is 0.257 bits per heavy atom. The van der Waals surface area contributed by atoms with E-state index in [4.69, 9.17) is 4.42 Å². The van der Waals surface area contributed by atoms with Gasteiger partial charge < -0.3 is 18.8 Å². The van der Waals surface area contributed by atoms with Gasteiger partial charge in [0, 0.05) is 44.0 Å². The molecule has 14 rings (SSSR count). The number of anilines is 6. The summed E-state index contributed by atoms with van der Waals surface area (Å²) in [5.41, 5.74) is 18.3. The minimum Gasteiger partial charge on any atom is -0.456 e. The molecule has 0 saturated heterocycles. The Balaban J connectivity index is 1.01. The van der Waals surface area contributed by atoms with Gasteiger partial charge in [-0.1, -0.05) is 194 Å². The molecule has 0 unspecified atom stereocenters. The summed E-state index contributed by atoms with van der Waals surface area (Å²) in [5.74, 6) is 0. The third-order valence-corrected chi connectivity index (χ3v) is 14.6. The van der Waals surface area contributed by atoms with Crippen molar-refractivity contribution in [1.29, 1.82) is 0 Å². The molecule has 4 heteroatoms. The lowest BCUT2D eigenvalue weighted by atomic mass is 10.0. The van der Waals surface area contributed by atoms with Gasteiger partial charge in [0.25, 0.3) is 0 Å². The fourth-order valence-electron chi connectivity index (χ4n) is 11.0. The standard InChI is InChI=1S/C70H47N3O/c1-3-16-48(17-4-1)50-30-37-55(38-31-50)71(56-39-32-51(33-40-56)49-18-5-2-6-19-49)58-45-59(47-60(46-58)73-67-26-12-9-23-62(67)63-24-10-13-27-68(63)73)72(66-28-15-21-53-20-7-8-22-61(53)66)57-41-34-52(35-42-57)54-36-43-70-65(44-54)64-25-11-14-29-69(64)74-70/h1-47H. The van der Waals surface area contributed by atoms with Gasteiger partial charge in [0.1, 0.15) is 11.2 Å². The molecular formula is C70H47N3O. The lowest BCUT2D eigenvalue weighted by Crippen LogP contribution is -2.14. The highest BCUT2D eigenvalue weighted by atomic mass is 16.3. The van der Waals surface area contributed by atoms with E-state index in [9.17, 15) is 0 Å². The quantitative estimate of drug-likeness (QED) is 0.137. The van der Waals surface area contributed by atoms with Crippen LogP contribution in [0.3, 0.4) is 0 Å². The smallest absolute Gasteiger partial charge is 0.135 e. The molecule has 2 heterocycles. The minimum absolute atomic E-state index is 0.890. The van der Waals surface area contributed by atoms with Crippen LogP contribution in [0.4, 0.5) is 34.1 Å². The monoisotopic (exact) mass is 945 g/mol. The Labute approximate surface area is 429 Å². The number of fused-ring (bicyclic) bond motifs is 7. The third-order valence-electron chi connectivity index (χ3n) is 14.6. The van der Waals surface area contributed by atoms with Crippen LogP contribution in [-0.2, 0) is 0 Å². The maximum absolute atomic E-state index is 6.23. The predicted molar refractivity (Wildman–Crippen MR) is 311 cm³/mol. The van der Waals surface area contributed by atoms with Crippen molar-refractivity contribution in [2.24, 2.45) is 0 Å². The summed E-state index contributed by atoms with van der Waals surface area (Å²) in [6, 6.07) is 103. The lowest BCUT2D eigenvalue weighted by Gasteiger charge is -2.31. The normalized spacial score (nSPS) is 11.5. The Bertz CT molecular complexity index is 4200. The molecule has 14 aromatic rings. The van der Waals surface area contributed by atoms with Crippen LogP contribution in [0.5, 0.6) is 0 Å². The molecule has 0 bridgehead atoms. The van der Waals surface area contributed by atoms with Gasteiger partial charge in [-0.15, -0.1) is 0 Å². The number of para-hydroxylation sites is 3. The number of aromatic nitrogens is 1. The number of benzene rings is 12. The second kappa shape index (κ2) is 18.1. The van der Waals surface area contributed by atoms with Crippen LogP contribution in [0.25, 0.3) is 93.6 Å². The summed E-state index contributed by atoms with van der Waals surface area (Å²) in [6.07, 6.45) is 0. The van der Waals surface area contributed by atoms with Gasteiger partial charge in [0.15, 0.2) is 0 Å². The van der Waals surface area contributed by atoms with Crippen LogP contribution in [0.2, 0.25) is 0 Å². The molecule has 348 valence electrons. The third kappa shape index (κ3) is 7.56. The van der Waals surface area contributed by atoms with Crippen LogP contribution in [-0.4, -0.2) is 4.57 Å². The molecular weight excluding hydrogens is 899 g/mol.